The first-order valence-corrected chi connectivity index (χ1v) is 17.4. The molecular weight excluding hydrogens is 564 g/mol. The highest BCUT2D eigenvalue weighted by Gasteiger charge is 2.54. The van der Waals surface area contributed by atoms with Gasteiger partial charge in [-0.1, -0.05) is 58.4 Å². The second-order valence-corrected chi connectivity index (χ2v) is 15.9. The number of hydrogen-bond acceptors (Lipinski definition) is 6. The van der Waals surface area contributed by atoms with E-state index < -0.39 is 20.8 Å². The van der Waals surface area contributed by atoms with Crippen LogP contribution in [0.4, 0.5) is 0 Å². The highest BCUT2D eigenvalue weighted by molar-refractivity contribution is 7.81. The van der Waals surface area contributed by atoms with E-state index in [1.54, 1.807) is 0 Å². The Kier molecular flexibility index (Phi) is 8.85. The summed E-state index contributed by atoms with van der Waals surface area (Å²) in [6.07, 6.45) is 11.2. The molecule has 1 aromatic rings. The van der Waals surface area contributed by atoms with E-state index in [-0.39, 0.29) is 33.7 Å². The van der Waals surface area contributed by atoms with Crippen molar-refractivity contribution in [3.63, 3.8) is 0 Å². The lowest BCUT2D eigenvalue weighted by atomic mass is 9.45. The Morgan fingerprint density at radius 3 is 2.17 bits per heavy atom. The Hall–Kier alpha value is -1.88. The number of fused-ring (bicyclic) bond motifs is 1. The van der Waals surface area contributed by atoms with Gasteiger partial charge < -0.3 is 8.37 Å². The van der Waals surface area contributed by atoms with Gasteiger partial charge in [0.05, 0.1) is 0 Å². The van der Waals surface area contributed by atoms with Gasteiger partial charge in [-0.3, -0.25) is 9.11 Å². The SMILES string of the molecule is C=C1CCCC(C)(C)C1CC[C@@]1(C)CCC[C@]2(C)[C@@H](Cc3cc(OS(=O)(=O)O)ccc3OS(=O)(=O)O)C(=C)CC[C@@H]12. The standard InChI is InChI=1S/C31H46O8S2/c1-21-9-7-15-29(3,4)25(21)14-18-30(5)16-8-17-31(6)26(22(2)10-13-28(30)31)20-23-19-24(38-40(32,33)34)11-12-27(23)39-41(35,36)37/h11-12,19,25-26,28H,1-2,7-10,13-18,20H2,3-6H3,(H,32,33,34)(H,35,36,37)/t25?,26-,28-,30+,31+/m0/s1. The van der Waals surface area contributed by atoms with Crippen molar-refractivity contribution >= 4 is 20.8 Å². The molecule has 0 aromatic heterocycles. The van der Waals surface area contributed by atoms with Gasteiger partial charge in [0.25, 0.3) is 0 Å². The lowest BCUT2D eigenvalue weighted by molar-refractivity contribution is -0.0689. The quantitative estimate of drug-likeness (QED) is 0.217. The van der Waals surface area contributed by atoms with Gasteiger partial charge in [0.2, 0.25) is 0 Å². The highest BCUT2D eigenvalue weighted by Crippen LogP contribution is 2.63. The minimum absolute atomic E-state index is 0.0355. The maximum atomic E-state index is 11.6. The third kappa shape index (κ3) is 7.20. The van der Waals surface area contributed by atoms with Crippen LogP contribution in [0, 0.1) is 34.0 Å². The fourth-order valence-electron chi connectivity index (χ4n) is 8.80. The van der Waals surface area contributed by atoms with Crippen molar-refractivity contribution in [3.8, 4) is 11.5 Å². The summed E-state index contributed by atoms with van der Waals surface area (Å²) in [5.74, 6) is 0.595. The van der Waals surface area contributed by atoms with Crippen LogP contribution in [0.1, 0.15) is 97.5 Å². The van der Waals surface area contributed by atoms with Gasteiger partial charge in [0, 0.05) is 5.56 Å². The van der Waals surface area contributed by atoms with Crippen molar-refractivity contribution in [3.05, 3.63) is 48.1 Å². The molecule has 3 fully saturated rings. The lowest BCUT2D eigenvalue weighted by Crippen LogP contribution is -2.51. The van der Waals surface area contributed by atoms with Crippen LogP contribution in [-0.2, 0) is 27.2 Å². The summed E-state index contributed by atoms with van der Waals surface area (Å²) in [5.41, 5.74) is 3.06. The summed E-state index contributed by atoms with van der Waals surface area (Å²) in [4.78, 5) is 0. The van der Waals surface area contributed by atoms with Crippen LogP contribution in [0.5, 0.6) is 11.5 Å². The molecule has 0 aliphatic heterocycles. The summed E-state index contributed by atoms with van der Waals surface area (Å²) >= 11 is 0. The second-order valence-electron chi connectivity index (χ2n) is 13.9. The first-order valence-electron chi connectivity index (χ1n) is 14.7. The van der Waals surface area contributed by atoms with Crippen molar-refractivity contribution < 1.29 is 34.3 Å². The molecule has 0 heterocycles. The summed E-state index contributed by atoms with van der Waals surface area (Å²) in [7, 11) is -9.62. The number of rotatable bonds is 9. The van der Waals surface area contributed by atoms with Gasteiger partial charge in [-0.05, 0) is 116 Å². The first-order chi connectivity index (χ1) is 18.8. The lowest BCUT2D eigenvalue weighted by Gasteiger charge is -2.59. The molecule has 230 valence electrons. The van der Waals surface area contributed by atoms with Gasteiger partial charge >= 0.3 is 20.8 Å². The molecule has 4 rings (SSSR count). The van der Waals surface area contributed by atoms with Crippen LogP contribution in [0.25, 0.3) is 0 Å². The maximum absolute atomic E-state index is 11.6. The molecule has 0 bridgehead atoms. The Morgan fingerprint density at radius 1 is 0.878 bits per heavy atom. The van der Waals surface area contributed by atoms with Crippen LogP contribution in [-0.4, -0.2) is 25.9 Å². The Balaban J connectivity index is 1.64. The zero-order chi connectivity index (χ0) is 30.4. The Bertz CT molecular complexity index is 1400. The molecule has 0 spiro atoms. The predicted octanol–water partition coefficient (Wildman–Crippen LogP) is 7.53. The maximum Gasteiger partial charge on any atom is 0.446 e. The van der Waals surface area contributed by atoms with E-state index >= 15 is 0 Å². The molecule has 3 aliphatic carbocycles. The van der Waals surface area contributed by atoms with Crippen molar-refractivity contribution in [2.75, 3.05) is 0 Å². The van der Waals surface area contributed by atoms with Crippen molar-refractivity contribution in [1.82, 2.24) is 0 Å². The van der Waals surface area contributed by atoms with Gasteiger partial charge in [-0.15, -0.1) is 0 Å². The molecule has 5 atom stereocenters. The molecule has 3 aliphatic rings. The molecule has 8 nitrogen and oxygen atoms in total. The van der Waals surface area contributed by atoms with Crippen LogP contribution < -0.4 is 8.37 Å². The summed E-state index contributed by atoms with van der Waals surface area (Å²) in [6, 6.07) is 3.72. The Morgan fingerprint density at radius 2 is 1.54 bits per heavy atom. The molecule has 1 aromatic carbocycles. The van der Waals surface area contributed by atoms with Crippen LogP contribution >= 0.6 is 0 Å². The zero-order valence-electron chi connectivity index (χ0n) is 24.8. The van der Waals surface area contributed by atoms with Gasteiger partial charge in [-0.25, -0.2) is 0 Å². The first kappa shape index (κ1) is 32.0. The van der Waals surface area contributed by atoms with E-state index in [0.717, 1.165) is 63.0 Å². The average molecular weight is 611 g/mol. The molecule has 0 radical (unpaired) electrons. The third-order valence-corrected chi connectivity index (χ3v) is 11.5. The topological polar surface area (TPSA) is 127 Å². The molecule has 0 saturated heterocycles. The molecule has 0 amide bonds. The zero-order valence-corrected chi connectivity index (χ0v) is 26.4. The van der Waals surface area contributed by atoms with Gasteiger partial charge in [0.15, 0.2) is 0 Å². The Labute approximate surface area is 246 Å². The normalized spacial score (nSPS) is 32.3. The fourth-order valence-corrected chi connectivity index (χ4v) is 9.54. The molecule has 10 heteroatoms. The minimum atomic E-state index is -4.83. The van der Waals surface area contributed by atoms with E-state index in [0.29, 0.717) is 23.8 Å². The molecule has 3 saturated carbocycles. The van der Waals surface area contributed by atoms with E-state index in [4.69, 9.17) is 4.18 Å². The fraction of sp³-hybridized carbons (Fsp3) is 0.677. The number of benzene rings is 1. The van der Waals surface area contributed by atoms with Crippen molar-refractivity contribution in [2.24, 2.45) is 34.0 Å². The van der Waals surface area contributed by atoms with Crippen molar-refractivity contribution in [1.29, 1.82) is 0 Å². The average Bonchev–Trinajstić information content (AvgIpc) is 2.80. The van der Waals surface area contributed by atoms with E-state index in [1.807, 2.05) is 0 Å². The third-order valence-electron chi connectivity index (χ3n) is 10.8. The van der Waals surface area contributed by atoms with Gasteiger partial charge in [-0.2, -0.15) is 16.8 Å². The highest BCUT2D eigenvalue weighted by atomic mass is 32.3. The summed E-state index contributed by atoms with van der Waals surface area (Å²) in [5, 5.41) is 0. The smallest absolute Gasteiger partial charge is 0.362 e. The molecule has 41 heavy (non-hydrogen) atoms. The summed E-state index contributed by atoms with van der Waals surface area (Å²) in [6.45, 7) is 18.4. The van der Waals surface area contributed by atoms with Gasteiger partial charge in [0.1, 0.15) is 11.5 Å². The van der Waals surface area contributed by atoms with E-state index in [9.17, 15) is 25.9 Å². The minimum Gasteiger partial charge on any atom is -0.362 e. The van der Waals surface area contributed by atoms with Crippen LogP contribution in [0.3, 0.4) is 0 Å². The largest absolute Gasteiger partial charge is 0.446 e. The van der Waals surface area contributed by atoms with E-state index in [2.05, 4.69) is 45.0 Å². The summed E-state index contributed by atoms with van der Waals surface area (Å²) < 4.78 is 74.1. The molecule has 2 N–H and O–H groups in total. The van der Waals surface area contributed by atoms with Crippen LogP contribution in [0.2, 0.25) is 0 Å². The van der Waals surface area contributed by atoms with Crippen LogP contribution in [0.15, 0.2) is 42.5 Å². The number of hydrogen-bond donors (Lipinski definition) is 2. The van der Waals surface area contributed by atoms with Crippen molar-refractivity contribution in [2.45, 2.75) is 98.3 Å². The second kappa shape index (κ2) is 11.3. The molecular formula is C31H46O8S2. The predicted molar refractivity (Wildman–Crippen MR) is 159 cm³/mol. The number of allylic oxidation sites excluding steroid dienone is 2. The molecule has 1 unspecified atom stereocenters. The monoisotopic (exact) mass is 610 g/mol. The van der Waals surface area contributed by atoms with E-state index in [1.165, 1.54) is 30.5 Å².